The molecule has 7 heteroatoms. The van der Waals surface area contributed by atoms with Crippen LogP contribution in [-0.4, -0.2) is 33.1 Å². The average Bonchev–Trinajstić information content (AvgIpc) is 2.71. The summed E-state index contributed by atoms with van der Waals surface area (Å²) < 4.78 is 29.3. The molecule has 3 rings (SSSR count). The molecule has 0 saturated carbocycles. The minimum atomic E-state index is -1.38. The predicted molar refractivity (Wildman–Crippen MR) is 99.9 cm³/mol. The Bertz CT molecular complexity index is 831. The van der Waals surface area contributed by atoms with Gasteiger partial charge in [-0.1, -0.05) is 13.0 Å². The molecule has 1 aromatic heterocycles. The summed E-state index contributed by atoms with van der Waals surface area (Å²) in [6.45, 7) is 3.41. The van der Waals surface area contributed by atoms with E-state index in [-0.39, 0.29) is 18.1 Å². The number of allylic oxidation sites excluding steroid dienone is 4. The molecule has 2 atom stereocenters. The van der Waals surface area contributed by atoms with Crippen molar-refractivity contribution in [1.29, 1.82) is 10.8 Å². The van der Waals surface area contributed by atoms with E-state index >= 15 is 4.39 Å². The van der Waals surface area contributed by atoms with Crippen LogP contribution in [0.1, 0.15) is 44.2 Å². The topological polar surface area (TPSA) is 63.8 Å². The van der Waals surface area contributed by atoms with Crippen LogP contribution in [0.2, 0.25) is 0 Å². The average molecular weight is 379 g/mol. The first-order valence-corrected chi connectivity index (χ1v) is 9.07. The summed E-state index contributed by atoms with van der Waals surface area (Å²) in [4.78, 5) is 5.39. The van der Waals surface area contributed by atoms with Gasteiger partial charge in [-0.25, -0.2) is 8.78 Å². The SMILES string of the molecule is CCc1c(F)cncc1C1=CC2=C(C(Cl)CC1F)N(C(C)=N)C(=N)CC2. The Kier molecular flexibility index (Phi) is 5.23. The molecule has 0 bridgehead atoms. The maximum absolute atomic E-state index is 15.1. The summed E-state index contributed by atoms with van der Waals surface area (Å²) >= 11 is 6.50. The van der Waals surface area contributed by atoms with Crippen LogP contribution < -0.4 is 0 Å². The van der Waals surface area contributed by atoms with E-state index in [1.807, 2.05) is 6.92 Å². The van der Waals surface area contributed by atoms with E-state index in [0.717, 1.165) is 11.8 Å². The van der Waals surface area contributed by atoms with E-state index in [2.05, 4.69) is 4.98 Å². The van der Waals surface area contributed by atoms with Gasteiger partial charge in [-0.3, -0.25) is 20.7 Å². The minimum absolute atomic E-state index is 0.00293. The van der Waals surface area contributed by atoms with Crippen LogP contribution in [0.25, 0.3) is 5.57 Å². The van der Waals surface area contributed by atoms with Gasteiger partial charge in [-0.05, 0) is 36.5 Å². The molecule has 0 amide bonds. The molecule has 1 aliphatic carbocycles. The van der Waals surface area contributed by atoms with Crippen molar-refractivity contribution < 1.29 is 8.78 Å². The van der Waals surface area contributed by atoms with Gasteiger partial charge in [0.1, 0.15) is 23.7 Å². The number of nitrogens with zero attached hydrogens (tertiary/aromatic N) is 2. The highest BCUT2D eigenvalue weighted by atomic mass is 35.5. The van der Waals surface area contributed by atoms with Crippen LogP contribution >= 0.6 is 11.6 Å². The molecule has 1 aromatic rings. The molecule has 0 radical (unpaired) electrons. The number of rotatable bonds is 2. The molecule has 0 spiro atoms. The van der Waals surface area contributed by atoms with Crippen molar-refractivity contribution in [2.75, 3.05) is 0 Å². The Labute approximate surface area is 156 Å². The molecule has 0 aromatic carbocycles. The van der Waals surface area contributed by atoms with Crippen molar-refractivity contribution in [3.8, 4) is 0 Å². The Balaban J connectivity index is 2.18. The fourth-order valence-electron chi connectivity index (χ4n) is 3.67. The second kappa shape index (κ2) is 7.27. The second-order valence-corrected chi connectivity index (χ2v) is 7.08. The number of aromatic nitrogens is 1. The lowest BCUT2D eigenvalue weighted by Gasteiger charge is -2.34. The Morgan fingerprint density at radius 2 is 2.12 bits per heavy atom. The first kappa shape index (κ1) is 18.7. The highest BCUT2D eigenvalue weighted by Gasteiger charge is 2.35. The maximum Gasteiger partial charge on any atom is 0.145 e. The standard InChI is InChI=1S/C19H21ClF2N4/c1-3-12-14(8-25-9-17(12)22)13-6-11-4-5-18(24)26(10(2)23)19(11)15(20)7-16(13)21/h6,8-9,15-16,23-24H,3-5,7H2,1-2H3. The number of alkyl halides is 2. The fourth-order valence-corrected chi connectivity index (χ4v) is 4.06. The lowest BCUT2D eigenvalue weighted by atomic mass is 9.93. The highest BCUT2D eigenvalue weighted by Crippen LogP contribution is 2.40. The lowest BCUT2D eigenvalue weighted by molar-refractivity contribution is 0.387. The Hall–Kier alpha value is -2.08. The first-order chi connectivity index (χ1) is 12.3. The Morgan fingerprint density at radius 3 is 2.77 bits per heavy atom. The number of hydrogen-bond donors (Lipinski definition) is 2. The zero-order valence-electron chi connectivity index (χ0n) is 14.7. The maximum atomic E-state index is 15.1. The molecule has 2 unspecified atom stereocenters. The number of hydrogen-bond acceptors (Lipinski definition) is 3. The second-order valence-electron chi connectivity index (χ2n) is 6.55. The van der Waals surface area contributed by atoms with Gasteiger partial charge in [0.15, 0.2) is 0 Å². The number of halogens is 3. The molecular formula is C19H21ClF2N4. The molecule has 26 heavy (non-hydrogen) atoms. The van der Waals surface area contributed by atoms with Gasteiger partial charge >= 0.3 is 0 Å². The van der Waals surface area contributed by atoms with E-state index in [1.165, 1.54) is 11.1 Å². The van der Waals surface area contributed by atoms with Crippen LogP contribution in [0.3, 0.4) is 0 Å². The zero-order valence-corrected chi connectivity index (χ0v) is 15.5. The normalized spacial score (nSPS) is 23.5. The van der Waals surface area contributed by atoms with Gasteiger partial charge in [-0.15, -0.1) is 11.6 Å². The quantitative estimate of drug-likeness (QED) is 0.439. The Morgan fingerprint density at radius 1 is 1.38 bits per heavy atom. The van der Waals surface area contributed by atoms with Crippen LogP contribution in [-0.2, 0) is 6.42 Å². The molecule has 2 heterocycles. The van der Waals surface area contributed by atoms with Crippen LogP contribution in [0.4, 0.5) is 8.78 Å². The van der Waals surface area contributed by atoms with Gasteiger partial charge in [0.25, 0.3) is 0 Å². The third-order valence-corrected chi connectivity index (χ3v) is 5.24. The lowest BCUT2D eigenvalue weighted by Crippen LogP contribution is -2.40. The van der Waals surface area contributed by atoms with Crippen molar-refractivity contribution in [3.63, 3.8) is 0 Å². The zero-order chi connectivity index (χ0) is 19.0. The summed E-state index contributed by atoms with van der Waals surface area (Å²) in [7, 11) is 0. The molecule has 1 aliphatic heterocycles. The first-order valence-electron chi connectivity index (χ1n) is 8.63. The third-order valence-electron chi connectivity index (χ3n) is 4.85. The van der Waals surface area contributed by atoms with E-state index in [9.17, 15) is 4.39 Å². The van der Waals surface area contributed by atoms with E-state index in [4.69, 9.17) is 22.4 Å². The van der Waals surface area contributed by atoms with Crippen molar-refractivity contribution in [2.24, 2.45) is 0 Å². The monoisotopic (exact) mass is 378 g/mol. The summed E-state index contributed by atoms with van der Waals surface area (Å²) in [6, 6.07) is 0. The van der Waals surface area contributed by atoms with Crippen LogP contribution in [0.15, 0.2) is 29.7 Å². The molecule has 2 aliphatic rings. The van der Waals surface area contributed by atoms with Gasteiger partial charge in [0, 0.05) is 30.3 Å². The summed E-state index contributed by atoms with van der Waals surface area (Å²) in [5, 5.41) is 15.4. The largest absolute Gasteiger partial charge is 0.289 e. The number of amidine groups is 2. The molecule has 0 fully saturated rings. The molecular weight excluding hydrogens is 358 g/mol. The minimum Gasteiger partial charge on any atom is -0.289 e. The highest BCUT2D eigenvalue weighted by molar-refractivity contribution is 6.23. The summed E-state index contributed by atoms with van der Waals surface area (Å²) in [5.74, 6) is 0.0268. The third kappa shape index (κ3) is 3.18. The number of pyridine rings is 1. The predicted octanol–water partition coefficient (Wildman–Crippen LogP) is 4.84. The molecule has 138 valence electrons. The van der Waals surface area contributed by atoms with Crippen molar-refractivity contribution in [2.45, 2.75) is 51.1 Å². The smallest absolute Gasteiger partial charge is 0.145 e. The fraction of sp³-hybridized carbons (Fsp3) is 0.421. The molecule has 2 N–H and O–H groups in total. The van der Waals surface area contributed by atoms with E-state index in [1.54, 1.807) is 13.0 Å². The van der Waals surface area contributed by atoms with Gasteiger partial charge in [-0.2, -0.15) is 0 Å². The molecule has 4 nitrogen and oxygen atoms in total. The van der Waals surface area contributed by atoms with Gasteiger partial charge < -0.3 is 0 Å². The summed E-state index contributed by atoms with van der Waals surface area (Å²) in [5.41, 5.74) is 2.68. The van der Waals surface area contributed by atoms with Crippen molar-refractivity contribution in [1.82, 2.24) is 9.88 Å². The van der Waals surface area contributed by atoms with Gasteiger partial charge in [0.05, 0.1) is 11.6 Å². The molecule has 0 saturated heterocycles. The van der Waals surface area contributed by atoms with E-state index < -0.39 is 17.4 Å². The van der Waals surface area contributed by atoms with Crippen LogP contribution in [0.5, 0.6) is 0 Å². The van der Waals surface area contributed by atoms with Crippen molar-refractivity contribution in [3.05, 3.63) is 46.7 Å². The van der Waals surface area contributed by atoms with Crippen molar-refractivity contribution >= 4 is 28.8 Å². The van der Waals surface area contributed by atoms with Gasteiger partial charge in [0.2, 0.25) is 0 Å². The number of nitrogens with one attached hydrogen (secondary N) is 2. The van der Waals surface area contributed by atoms with Crippen LogP contribution in [0, 0.1) is 16.6 Å². The summed E-state index contributed by atoms with van der Waals surface area (Å²) in [6.07, 6.45) is 4.41. The van der Waals surface area contributed by atoms with E-state index in [0.29, 0.717) is 41.7 Å².